The van der Waals surface area contributed by atoms with Crippen molar-refractivity contribution in [2.75, 3.05) is 19.0 Å². The van der Waals surface area contributed by atoms with Gasteiger partial charge in [-0.25, -0.2) is 4.79 Å². The number of hydrogen-bond donors (Lipinski definition) is 1. The first-order valence-electron chi connectivity index (χ1n) is 9.55. The molecule has 0 aromatic heterocycles. The summed E-state index contributed by atoms with van der Waals surface area (Å²) >= 11 is 0. The number of ether oxygens (including phenoxy) is 1. The van der Waals surface area contributed by atoms with Crippen molar-refractivity contribution in [2.24, 2.45) is 5.41 Å². The molecule has 4 aliphatic rings. The standard InChI is InChI=1S/C21H24N2O3/c1-3-20-9-8-16(24)23-11-10-21(19(20)23)14-6-4-5-7-15(14)22-17(21)13(12-20)18(25)26-2/h4-7,19,22H,3,8-12H2,1-2H3/t19-,20-,21?/m1/s1. The van der Waals surface area contributed by atoms with Crippen molar-refractivity contribution in [3.8, 4) is 0 Å². The smallest absolute Gasteiger partial charge is 0.335 e. The second-order valence-corrected chi connectivity index (χ2v) is 8.12. The van der Waals surface area contributed by atoms with E-state index in [1.807, 2.05) is 6.07 Å². The number of anilines is 1. The number of rotatable bonds is 2. The predicted octanol–water partition coefficient (Wildman–Crippen LogP) is 2.97. The van der Waals surface area contributed by atoms with Crippen LogP contribution in [0.4, 0.5) is 5.69 Å². The second-order valence-electron chi connectivity index (χ2n) is 8.12. The molecule has 5 rings (SSSR count). The van der Waals surface area contributed by atoms with E-state index < -0.39 is 0 Å². The number of amides is 1. The summed E-state index contributed by atoms with van der Waals surface area (Å²) in [4.78, 5) is 27.6. The van der Waals surface area contributed by atoms with Crippen LogP contribution in [0.3, 0.4) is 0 Å². The number of hydrogen-bond acceptors (Lipinski definition) is 4. The molecule has 3 heterocycles. The second kappa shape index (κ2) is 5.12. The van der Waals surface area contributed by atoms with Gasteiger partial charge < -0.3 is 15.0 Å². The fourth-order valence-corrected chi connectivity index (χ4v) is 6.26. The van der Waals surface area contributed by atoms with Crippen LogP contribution in [0.15, 0.2) is 35.5 Å². The Labute approximate surface area is 153 Å². The Balaban J connectivity index is 1.82. The maximum absolute atomic E-state index is 12.7. The highest BCUT2D eigenvalue weighted by atomic mass is 16.5. The van der Waals surface area contributed by atoms with Crippen LogP contribution in [-0.4, -0.2) is 36.5 Å². The fraction of sp³-hybridized carbons (Fsp3) is 0.524. The average molecular weight is 352 g/mol. The van der Waals surface area contributed by atoms with Crippen LogP contribution in [0.2, 0.25) is 0 Å². The number of piperidine rings is 1. The molecule has 136 valence electrons. The third-order valence-electron chi connectivity index (χ3n) is 7.34. The van der Waals surface area contributed by atoms with Crippen LogP contribution in [0.5, 0.6) is 0 Å². The summed E-state index contributed by atoms with van der Waals surface area (Å²) in [6.45, 7) is 2.97. The zero-order chi connectivity index (χ0) is 18.1. The van der Waals surface area contributed by atoms with Gasteiger partial charge in [0, 0.05) is 24.4 Å². The van der Waals surface area contributed by atoms with E-state index in [0.29, 0.717) is 12.8 Å². The lowest BCUT2D eigenvalue weighted by Gasteiger charge is -2.55. The monoisotopic (exact) mass is 352 g/mol. The first-order valence-corrected chi connectivity index (χ1v) is 9.55. The average Bonchev–Trinajstić information content (AvgIpc) is 3.24. The zero-order valence-electron chi connectivity index (χ0n) is 15.3. The molecule has 3 atom stereocenters. The summed E-state index contributed by atoms with van der Waals surface area (Å²) in [5, 5.41) is 3.55. The van der Waals surface area contributed by atoms with Crippen molar-refractivity contribution >= 4 is 17.6 Å². The van der Waals surface area contributed by atoms with E-state index in [1.165, 1.54) is 12.7 Å². The lowest BCUT2D eigenvalue weighted by molar-refractivity contribution is -0.144. The van der Waals surface area contributed by atoms with E-state index >= 15 is 0 Å². The quantitative estimate of drug-likeness (QED) is 0.832. The molecule has 2 fully saturated rings. The molecule has 0 radical (unpaired) electrons. The topological polar surface area (TPSA) is 58.6 Å². The summed E-state index contributed by atoms with van der Waals surface area (Å²) in [7, 11) is 1.46. The molecule has 3 aliphatic heterocycles. The van der Waals surface area contributed by atoms with Crippen LogP contribution in [-0.2, 0) is 19.7 Å². The van der Waals surface area contributed by atoms with Gasteiger partial charge in [-0.05, 0) is 42.7 Å². The SMILES string of the molecule is CC[C@@]12CCC(=O)N3CCC4(C(=C(C(=O)OC)C1)Nc1ccccc14)[C@H]32. The van der Waals surface area contributed by atoms with E-state index in [4.69, 9.17) is 4.74 Å². The van der Waals surface area contributed by atoms with Gasteiger partial charge in [0.25, 0.3) is 0 Å². The molecule has 1 aliphatic carbocycles. The minimum atomic E-state index is -0.301. The van der Waals surface area contributed by atoms with Gasteiger partial charge in [-0.1, -0.05) is 25.1 Å². The predicted molar refractivity (Wildman–Crippen MR) is 97.5 cm³/mol. The molecule has 1 amide bonds. The van der Waals surface area contributed by atoms with Crippen LogP contribution in [0, 0.1) is 5.41 Å². The van der Waals surface area contributed by atoms with Crippen molar-refractivity contribution in [3.63, 3.8) is 0 Å². The largest absolute Gasteiger partial charge is 0.466 e. The Hall–Kier alpha value is -2.30. The highest BCUT2D eigenvalue weighted by molar-refractivity contribution is 5.94. The molecule has 0 saturated carbocycles. The Morgan fingerprint density at radius 1 is 1.35 bits per heavy atom. The lowest BCUT2D eigenvalue weighted by atomic mass is 9.53. The molecular weight excluding hydrogens is 328 g/mol. The first kappa shape index (κ1) is 15.9. The van der Waals surface area contributed by atoms with Crippen LogP contribution >= 0.6 is 0 Å². The van der Waals surface area contributed by atoms with Crippen molar-refractivity contribution < 1.29 is 14.3 Å². The van der Waals surface area contributed by atoms with Crippen molar-refractivity contribution in [2.45, 2.75) is 50.5 Å². The minimum absolute atomic E-state index is 0.0590. The molecule has 1 unspecified atom stereocenters. The number of benzene rings is 1. The highest BCUT2D eigenvalue weighted by Gasteiger charge is 2.67. The number of nitrogens with zero attached hydrogens (tertiary/aromatic N) is 1. The van der Waals surface area contributed by atoms with Gasteiger partial charge in [-0.15, -0.1) is 0 Å². The Kier molecular flexibility index (Phi) is 3.13. The summed E-state index contributed by atoms with van der Waals surface area (Å²) in [5.41, 5.74) is 3.70. The normalized spacial score (nSPS) is 34.2. The van der Waals surface area contributed by atoms with Gasteiger partial charge in [-0.3, -0.25) is 4.79 Å². The fourth-order valence-electron chi connectivity index (χ4n) is 6.26. The van der Waals surface area contributed by atoms with Gasteiger partial charge in [0.05, 0.1) is 24.1 Å². The molecule has 2 saturated heterocycles. The molecule has 1 aromatic rings. The van der Waals surface area contributed by atoms with Crippen LogP contribution < -0.4 is 5.32 Å². The summed E-state index contributed by atoms with van der Waals surface area (Å²) in [6.07, 6.45) is 3.94. The van der Waals surface area contributed by atoms with E-state index in [1.54, 1.807) is 0 Å². The third kappa shape index (κ3) is 1.67. The van der Waals surface area contributed by atoms with Gasteiger partial charge in [0.2, 0.25) is 5.91 Å². The van der Waals surface area contributed by atoms with E-state index in [2.05, 4.69) is 35.3 Å². The maximum Gasteiger partial charge on any atom is 0.335 e. The lowest BCUT2D eigenvalue weighted by Crippen LogP contribution is -2.61. The van der Waals surface area contributed by atoms with Crippen molar-refractivity contribution in [3.05, 3.63) is 41.1 Å². The summed E-state index contributed by atoms with van der Waals surface area (Å²) < 4.78 is 5.17. The molecule has 1 spiro atoms. The van der Waals surface area contributed by atoms with Gasteiger partial charge >= 0.3 is 5.97 Å². The number of fused-ring (bicyclic) bond motifs is 1. The molecule has 26 heavy (non-hydrogen) atoms. The molecule has 1 N–H and O–H groups in total. The minimum Gasteiger partial charge on any atom is -0.466 e. The Morgan fingerprint density at radius 2 is 2.15 bits per heavy atom. The van der Waals surface area contributed by atoms with Crippen molar-refractivity contribution in [1.82, 2.24) is 4.90 Å². The molecule has 5 heteroatoms. The van der Waals surface area contributed by atoms with Crippen LogP contribution in [0.1, 0.15) is 44.6 Å². The number of carbonyl (C=O) groups excluding carboxylic acids is 2. The highest BCUT2D eigenvalue weighted by Crippen LogP contribution is 2.65. The first-order chi connectivity index (χ1) is 12.6. The Morgan fingerprint density at radius 3 is 2.92 bits per heavy atom. The summed E-state index contributed by atoms with van der Waals surface area (Å²) in [6, 6.07) is 8.44. The van der Waals surface area contributed by atoms with Crippen molar-refractivity contribution in [1.29, 1.82) is 0 Å². The molecular formula is C21H24N2O3. The molecule has 5 nitrogen and oxygen atoms in total. The molecule has 0 bridgehead atoms. The number of carbonyl (C=O) groups is 2. The van der Waals surface area contributed by atoms with Crippen LogP contribution in [0.25, 0.3) is 0 Å². The van der Waals surface area contributed by atoms with Gasteiger partial charge in [0.15, 0.2) is 0 Å². The van der Waals surface area contributed by atoms with Gasteiger partial charge in [0.1, 0.15) is 0 Å². The number of esters is 1. The zero-order valence-corrected chi connectivity index (χ0v) is 15.3. The van der Waals surface area contributed by atoms with Gasteiger partial charge in [-0.2, -0.15) is 0 Å². The molecule has 1 aromatic carbocycles. The number of para-hydroxylation sites is 1. The Bertz CT molecular complexity index is 861. The van der Waals surface area contributed by atoms with E-state index in [-0.39, 0.29) is 28.7 Å². The maximum atomic E-state index is 12.7. The number of nitrogens with one attached hydrogen (secondary N) is 1. The van der Waals surface area contributed by atoms with E-state index in [0.717, 1.165) is 42.8 Å². The third-order valence-corrected chi connectivity index (χ3v) is 7.34. The summed E-state index contributed by atoms with van der Waals surface area (Å²) in [5.74, 6) is 0.0301. The van der Waals surface area contributed by atoms with E-state index in [9.17, 15) is 9.59 Å². The number of methoxy groups -OCH3 is 1.